The second-order valence-electron chi connectivity index (χ2n) is 8.94. The van der Waals surface area contributed by atoms with E-state index in [0.29, 0.717) is 29.2 Å². The maximum atomic E-state index is 13.5. The fraction of sp³-hybridized carbons (Fsp3) is 0.267. The van der Waals surface area contributed by atoms with Crippen molar-refractivity contribution in [1.82, 2.24) is 4.98 Å². The summed E-state index contributed by atoms with van der Waals surface area (Å²) >= 11 is 0.957. The largest absolute Gasteiger partial charge is 0.507 e. The first-order valence-electron chi connectivity index (χ1n) is 12.7. The summed E-state index contributed by atoms with van der Waals surface area (Å²) in [6, 6.07) is 13.3. The summed E-state index contributed by atoms with van der Waals surface area (Å²) in [5.74, 6) is -2.07. The van der Waals surface area contributed by atoms with Gasteiger partial charge in [0.1, 0.15) is 23.0 Å². The third-order valence-corrected chi connectivity index (χ3v) is 7.37. The molecule has 39 heavy (non-hydrogen) atoms. The van der Waals surface area contributed by atoms with Crippen molar-refractivity contribution >= 4 is 39.9 Å². The number of thiazole rings is 1. The number of rotatable bonds is 10. The van der Waals surface area contributed by atoms with E-state index in [4.69, 9.17) is 9.47 Å². The molecule has 1 aliphatic heterocycles. The maximum Gasteiger partial charge on any atom is 0.350 e. The second kappa shape index (κ2) is 12.1. The topological polar surface area (TPSA) is 106 Å². The van der Waals surface area contributed by atoms with E-state index in [9.17, 15) is 19.5 Å². The van der Waals surface area contributed by atoms with E-state index < -0.39 is 23.7 Å². The van der Waals surface area contributed by atoms with Gasteiger partial charge in [0, 0.05) is 5.56 Å². The van der Waals surface area contributed by atoms with Crippen LogP contribution in [0.3, 0.4) is 0 Å². The molecule has 2 heterocycles. The Morgan fingerprint density at radius 3 is 2.59 bits per heavy atom. The van der Waals surface area contributed by atoms with Crippen LogP contribution in [0.25, 0.3) is 5.76 Å². The molecule has 4 rings (SSSR count). The van der Waals surface area contributed by atoms with Crippen LogP contribution in [0.1, 0.15) is 58.4 Å². The zero-order valence-electron chi connectivity index (χ0n) is 22.1. The number of ketones is 1. The fourth-order valence-corrected chi connectivity index (χ4v) is 5.25. The molecule has 2 aromatic carbocycles. The molecule has 1 atom stereocenters. The molecule has 0 aliphatic carbocycles. The van der Waals surface area contributed by atoms with Gasteiger partial charge in [-0.1, -0.05) is 74.2 Å². The summed E-state index contributed by atoms with van der Waals surface area (Å²) in [6.07, 6.45) is 3.08. The number of hydrogen-bond donors (Lipinski definition) is 1. The number of nitrogens with zero attached hydrogens (tertiary/aromatic N) is 2. The molecule has 1 aromatic heterocycles. The minimum Gasteiger partial charge on any atom is -0.507 e. The number of hydrogen-bond acceptors (Lipinski definition) is 8. The molecule has 8 nitrogen and oxygen atoms in total. The quantitative estimate of drug-likeness (QED) is 0.113. The minimum absolute atomic E-state index is 0.0286. The average Bonchev–Trinajstić information content (AvgIpc) is 3.46. The Kier molecular flexibility index (Phi) is 8.61. The van der Waals surface area contributed by atoms with Crippen LogP contribution in [0, 0.1) is 6.92 Å². The maximum absolute atomic E-state index is 13.5. The lowest BCUT2D eigenvalue weighted by atomic mass is 9.94. The van der Waals surface area contributed by atoms with E-state index in [1.54, 1.807) is 31.2 Å². The second-order valence-corrected chi connectivity index (χ2v) is 9.92. The third-order valence-electron chi connectivity index (χ3n) is 6.24. The number of carbonyl (C=O) groups is 3. The Balaban J connectivity index is 1.86. The van der Waals surface area contributed by atoms with E-state index in [0.717, 1.165) is 29.7 Å². The molecular weight excluding hydrogens is 516 g/mol. The van der Waals surface area contributed by atoms with Crippen molar-refractivity contribution < 1.29 is 29.0 Å². The van der Waals surface area contributed by atoms with Crippen LogP contribution in [0.5, 0.6) is 5.75 Å². The number of ether oxygens (including phenoxy) is 2. The Morgan fingerprint density at radius 2 is 1.92 bits per heavy atom. The third kappa shape index (κ3) is 5.63. The first kappa shape index (κ1) is 27.8. The standard InChI is InChI=1S/C30H30N2O6S/c1-5-15-37-22-10-8-9-21(17-22)25(33)23-24(20-13-11-19(7-3)12-14-20)32(28(35)26(23)34)30-31-18(4)27(39-30)29(36)38-16-6-2/h6,8-14,17,24,33H,2,5,7,15-16H2,1,3-4H3/b25-23+. The smallest absolute Gasteiger partial charge is 0.350 e. The molecule has 1 unspecified atom stereocenters. The summed E-state index contributed by atoms with van der Waals surface area (Å²) in [4.78, 5) is 45.4. The highest BCUT2D eigenvalue weighted by Crippen LogP contribution is 2.44. The molecule has 0 radical (unpaired) electrons. The predicted molar refractivity (Wildman–Crippen MR) is 150 cm³/mol. The number of Topliss-reactive ketones (excluding diaryl/α,β-unsaturated/α-hetero) is 1. The summed E-state index contributed by atoms with van der Waals surface area (Å²) in [5.41, 5.74) is 2.34. The molecule has 202 valence electrons. The van der Waals surface area contributed by atoms with E-state index >= 15 is 0 Å². The van der Waals surface area contributed by atoms with E-state index in [1.807, 2.05) is 38.1 Å². The number of aromatic nitrogens is 1. The number of aliphatic hydroxyl groups is 1. The fourth-order valence-electron chi connectivity index (χ4n) is 4.26. The van der Waals surface area contributed by atoms with E-state index in [2.05, 4.69) is 11.6 Å². The van der Waals surface area contributed by atoms with Gasteiger partial charge in [-0.05, 0) is 43.0 Å². The van der Waals surface area contributed by atoms with Crippen LogP contribution in [-0.4, -0.2) is 41.0 Å². The van der Waals surface area contributed by atoms with Crippen LogP contribution in [0.15, 0.2) is 66.8 Å². The number of carbonyl (C=O) groups excluding carboxylic acids is 3. The van der Waals surface area contributed by atoms with Crippen molar-refractivity contribution in [2.24, 2.45) is 0 Å². The monoisotopic (exact) mass is 546 g/mol. The van der Waals surface area contributed by atoms with Gasteiger partial charge in [-0.2, -0.15) is 0 Å². The molecule has 0 spiro atoms. The Hall–Kier alpha value is -4.24. The van der Waals surface area contributed by atoms with E-state index in [-0.39, 0.29) is 27.9 Å². The zero-order valence-corrected chi connectivity index (χ0v) is 22.9. The summed E-state index contributed by atoms with van der Waals surface area (Å²) in [7, 11) is 0. The van der Waals surface area contributed by atoms with Crippen molar-refractivity contribution in [3.63, 3.8) is 0 Å². The zero-order chi connectivity index (χ0) is 28.1. The number of benzene rings is 2. The molecule has 9 heteroatoms. The highest BCUT2D eigenvalue weighted by molar-refractivity contribution is 7.17. The number of aliphatic hydroxyl groups excluding tert-OH is 1. The van der Waals surface area contributed by atoms with Gasteiger partial charge < -0.3 is 14.6 Å². The molecule has 1 amide bonds. The SMILES string of the molecule is C=CCOC(=O)c1sc(N2C(=O)C(=O)/C(=C(/O)c3cccc(OCCC)c3)C2c2ccc(CC)cc2)nc1C. The summed E-state index contributed by atoms with van der Waals surface area (Å²) < 4.78 is 10.9. The highest BCUT2D eigenvalue weighted by Gasteiger charge is 2.48. The number of amides is 1. The van der Waals surface area contributed by atoms with Gasteiger partial charge in [-0.15, -0.1) is 0 Å². The molecule has 1 N–H and O–H groups in total. The lowest BCUT2D eigenvalue weighted by Gasteiger charge is -2.23. The summed E-state index contributed by atoms with van der Waals surface area (Å²) in [6.45, 7) is 9.72. The van der Waals surface area contributed by atoms with Gasteiger partial charge in [-0.3, -0.25) is 14.5 Å². The van der Waals surface area contributed by atoms with Crippen molar-refractivity contribution in [3.05, 3.63) is 94.0 Å². The molecule has 3 aromatic rings. The highest BCUT2D eigenvalue weighted by atomic mass is 32.1. The van der Waals surface area contributed by atoms with Crippen LogP contribution in [0.4, 0.5) is 5.13 Å². The van der Waals surface area contributed by atoms with Gasteiger partial charge in [-0.25, -0.2) is 9.78 Å². The van der Waals surface area contributed by atoms with Gasteiger partial charge in [0.2, 0.25) is 0 Å². The Bertz CT molecular complexity index is 1440. The lowest BCUT2D eigenvalue weighted by Crippen LogP contribution is -2.29. The van der Waals surface area contributed by atoms with Gasteiger partial charge >= 0.3 is 11.9 Å². The number of anilines is 1. The minimum atomic E-state index is -0.960. The van der Waals surface area contributed by atoms with Crippen LogP contribution >= 0.6 is 11.3 Å². The number of esters is 1. The molecule has 0 bridgehead atoms. The van der Waals surface area contributed by atoms with Crippen molar-refractivity contribution in [2.75, 3.05) is 18.1 Å². The average molecular weight is 547 g/mol. The van der Waals surface area contributed by atoms with Crippen LogP contribution < -0.4 is 9.64 Å². The van der Waals surface area contributed by atoms with Gasteiger partial charge in [0.15, 0.2) is 5.13 Å². The number of aryl methyl sites for hydroxylation is 2. The molecule has 1 fully saturated rings. The molecule has 1 saturated heterocycles. The normalized spacial score (nSPS) is 16.4. The van der Waals surface area contributed by atoms with Crippen molar-refractivity contribution in [3.8, 4) is 5.75 Å². The first-order valence-corrected chi connectivity index (χ1v) is 13.5. The van der Waals surface area contributed by atoms with Gasteiger partial charge in [0.25, 0.3) is 5.78 Å². The first-order chi connectivity index (χ1) is 18.8. The van der Waals surface area contributed by atoms with Crippen LogP contribution in [-0.2, 0) is 20.7 Å². The molecule has 1 aliphatic rings. The van der Waals surface area contributed by atoms with Crippen molar-refractivity contribution in [1.29, 1.82) is 0 Å². The molecular formula is C30H30N2O6S. The van der Waals surface area contributed by atoms with Gasteiger partial charge in [0.05, 0.1) is 23.9 Å². The lowest BCUT2D eigenvalue weighted by molar-refractivity contribution is -0.132. The van der Waals surface area contributed by atoms with Crippen LogP contribution in [0.2, 0.25) is 0 Å². The van der Waals surface area contributed by atoms with E-state index in [1.165, 1.54) is 11.0 Å². The Labute approximate surface area is 231 Å². The summed E-state index contributed by atoms with van der Waals surface area (Å²) in [5, 5.41) is 11.6. The molecule has 0 saturated carbocycles. The Morgan fingerprint density at radius 1 is 1.18 bits per heavy atom. The van der Waals surface area contributed by atoms with Crippen molar-refractivity contribution in [2.45, 2.75) is 39.7 Å². The predicted octanol–water partition coefficient (Wildman–Crippen LogP) is 5.77.